The summed E-state index contributed by atoms with van der Waals surface area (Å²) in [7, 11) is -7.15. The van der Waals surface area contributed by atoms with Crippen LogP contribution in [0.5, 0.6) is 0 Å². The molecule has 0 amide bonds. The third-order valence-corrected chi connectivity index (χ3v) is 5.86. The molecule has 0 bridgehead atoms. The Bertz CT molecular complexity index is 985. The van der Waals surface area contributed by atoms with E-state index in [9.17, 15) is 21.2 Å². The molecule has 0 fully saturated rings. The van der Waals surface area contributed by atoms with Crippen LogP contribution >= 0.6 is 0 Å². The van der Waals surface area contributed by atoms with Crippen molar-refractivity contribution in [1.29, 1.82) is 0 Å². The van der Waals surface area contributed by atoms with Crippen molar-refractivity contribution in [2.24, 2.45) is 0 Å². The van der Waals surface area contributed by atoms with Gasteiger partial charge in [0.05, 0.1) is 15.5 Å². The van der Waals surface area contributed by atoms with E-state index < -0.39 is 19.7 Å². The molecule has 1 atom stereocenters. The predicted molar refractivity (Wildman–Crippen MR) is 95.9 cm³/mol. The lowest BCUT2D eigenvalue weighted by atomic mass is 10.1. The van der Waals surface area contributed by atoms with E-state index in [1.54, 1.807) is 12.1 Å². The fourth-order valence-electron chi connectivity index (χ4n) is 2.49. The molecule has 1 N–H and O–H groups in total. The Morgan fingerprint density at radius 2 is 1.68 bits per heavy atom. The zero-order chi connectivity index (χ0) is 18.8. The number of nitrogens with one attached hydrogen (secondary N) is 1. The van der Waals surface area contributed by atoms with Gasteiger partial charge in [-0.05, 0) is 49.2 Å². The van der Waals surface area contributed by atoms with Gasteiger partial charge in [-0.3, -0.25) is 0 Å². The van der Waals surface area contributed by atoms with Crippen LogP contribution < -0.4 is 5.32 Å². The quantitative estimate of drug-likeness (QED) is 0.827. The van der Waals surface area contributed by atoms with Crippen molar-refractivity contribution >= 4 is 25.4 Å². The summed E-state index contributed by atoms with van der Waals surface area (Å²) in [5.41, 5.74) is 1.09. The highest BCUT2D eigenvalue weighted by molar-refractivity contribution is 7.91. The molecule has 2 aromatic carbocycles. The van der Waals surface area contributed by atoms with Gasteiger partial charge in [0.1, 0.15) is 5.82 Å². The molecule has 136 valence electrons. The Balaban J connectivity index is 2.32. The third kappa shape index (κ3) is 5.27. The van der Waals surface area contributed by atoms with Crippen molar-refractivity contribution in [3.8, 4) is 0 Å². The van der Waals surface area contributed by atoms with E-state index in [0.717, 1.165) is 24.1 Å². The molecule has 5 nitrogen and oxygen atoms in total. The zero-order valence-electron chi connectivity index (χ0n) is 14.2. The molecule has 2 rings (SSSR count). The van der Waals surface area contributed by atoms with Crippen molar-refractivity contribution in [3.63, 3.8) is 0 Å². The lowest BCUT2D eigenvalue weighted by Gasteiger charge is -2.18. The molecule has 0 aliphatic heterocycles. The van der Waals surface area contributed by atoms with Crippen LogP contribution in [0.4, 0.5) is 10.1 Å². The second-order valence-corrected chi connectivity index (χ2v) is 10.1. The van der Waals surface area contributed by atoms with Gasteiger partial charge in [0, 0.05) is 18.6 Å². The Morgan fingerprint density at radius 1 is 1.00 bits per heavy atom. The number of halogens is 1. The van der Waals surface area contributed by atoms with E-state index in [2.05, 4.69) is 5.32 Å². The van der Waals surface area contributed by atoms with Gasteiger partial charge in [0.25, 0.3) is 0 Å². The van der Waals surface area contributed by atoms with Crippen LogP contribution in [-0.4, -0.2) is 35.4 Å². The lowest BCUT2D eigenvalue weighted by molar-refractivity contribution is 0.600. The molecule has 0 aromatic heterocycles. The summed E-state index contributed by atoms with van der Waals surface area (Å²) in [6, 6.07) is 9.94. The first kappa shape index (κ1) is 19.4. The largest absolute Gasteiger partial charge is 0.381 e. The van der Waals surface area contributed by atoms with Crippen molar-refractivity contribution in [1.82, 2.24) is 0 Å². The van der Waals surface area contributed by atoms with Crippen molar-refractivity contribution in [2.75, 3.05) is 17.8 Å². The van der Waals surface area contributed by atoms with Gasteiger partial charge in [-0.25, -0.2) is 21.2 Å². The average molecular weight is 385 g/mol. The number of benzene rings is 2. The topological polar surface area (TPSA) is 80.3 Å². The van der Waals surface area contributed by atoms with E-state index in [0.29, 0.717) is 12.1 Å². The molecule has 0 saturated heterocycles. The molecular formula is C17H20FNO4S2. The molecule has 0 saturated carbocycles. The molecule has 8 heteroatoms. The van der Waals surface area contributed by atoms with Gasteiger partial charge in [0.15, 0.2) is 19.7 Å². The Labute approximate surface area is 147 Å². The van der Waals surface area contributed by atoms with Gasteiger partial charge >= 0.3 is 0 Å². The van der Waals surface area contributed by atoms with Crippen molar-refractivity contribution in [3.05, 3.63) is 53.8 Å². The lowest BCUT2D eigenvalue weighted by Crippen LogP contribution is -2.20. The second kappa shape index (κ2) is 7.13. The van der Waals surface area contributed by atoms with Crippen LogP contribution in [0.15, 0.2) is 52.3 Å². The molecule has 0 radical (unpaired) electrons. The molecular weight excluding hydrogens is 365 g/mol. The Kier molecular flexibility index (Phi) is 5.53. The summed E-state index contributed by atoms with van der Waals surface area (Å²) in [6.07, 6.45) is 2.53. The van der Waals surface area contributed by atoms with E-state index in [1.807, 2.05) is 6.92 Å². The smallest absolute Gasteiger partial charge is 0.177 e. The minimum atomic E-state index is -3.63. The van der Waals surface area contributed by atoms with Crippen molar-refractivity contribution < 1.29 is 21.2 Å². The Morgan fingerprint density at radius 3 is 2.24 bits per heavy atom. The van der Waals surface area contributed by atoms with Gasteiger partial charge < -0.3 is 5.32 Å². The first-order valence-corrected chi connectivity index (χ1v) is 11.3. The van der Waals surface area contributed by atoms with Gasteiger partial charge in [-0.15, -0.1) is 0 Å². The number of hydrogen-bond donors (Lipinski definition) is 1. The standard InChI is InChI=1S/C17H20FNO4S2/c1-12(9-13-5-4-6-14(18)10-13)19-16-8-7-15(24(2,20)21)11-17(16)25(3,22)23/h4-8,10-12,19H,9H2,1-3H3. The number of sulfone groups is 2. The maximum Gasteiger partial charge on any atom is 0.177 e. The monoisotopic (exact) mass is 385 g/mol. The second-order valence-electron chi connectivity index (χ2n) is 6.08. The summed E-state index contributed by atoms with van der Waals surface area (Å²) >= 11 is 0. The van der Waals surface area contributed by atoms with Crippen LogP contribution in [-0.2, 0) is 26.1 Å². The maximum atomic E-state index is 13.3. The molecule has 0 aliphatic carbocycles. The van der Waals surface area contributed by atoms with E-state index in [1.165, 1.54) is 24.3 Å². The fourth-order valence-corrected chi connectivity index (χ4v) is 4.08. The summed E-state index contributed by atoms with van der Waals surface area (Å²) in [4.78, 5) is -0.141. The number of hydrogen-bond acceptors (Lipinski definition) is 5. The fraction of sp³-hybridized carbons (Fsp3) is 0.294. The van der Waals surface area contributed by atoms with E-state index >= 15 is 0 Å². The molecule has 0 spiro atoms. The first-order chi connectivity index (χ1) is 11.5. The maximum absolute atomic E-state index is 13.3. The van der Waals surface area contributed by atoms with Gasteiger partial charge in [0.2, 0.25) is 0 Å². The van der Waals surface area contributed by atoms with Gasteiger partial charge in [-0.2, -0.15) is 0 Å². The third-order valence-electron chi connectivity index (χ3n) is 3.61. The molecule has 25 heavy (non-hydrogen) atoms. The molecule has 2 aromatic rings. The SMILES string of the molecule is CC(Cc1cccc(F)c1)Nc1ccc(S(C)(=O)=O)cc1S(C)(=O)=O. The minimum absolute atomic E-state index is 0.0590. The van der Waals surface area contributed by atoms with Crippen LogP contribution in [0.3, 0.4) is 0 Å². The molecule has 0 heterocycles. The van der Waals surface area contributed by atoms with E-state index in [-0.39, 0.29) is 21.7 Å². The van der Waals surface area contributed by atoms with Crippen LogP contribution in [0.2, 0.25) is 0 Å². The van der Waals surface area contributed by atoms with Crippen LogP contribution in [0.25, 0.3) is 0 Å². The zero-order valence-corrected chi connectivity index (χ0v) is 15.8. The predicted octanol–water partition coefficient (Wildman–Crippen LogP) is 2.68. The average Bonchev–Trinajstić information content (AvgIpc) is 2.45. The van der Waals surface area contributed by atoms with Crippen LogP contribution in [0, 0.1) is 5.82 Å². The molecule has 1 unspecified atom stereocenters. The highest BCUT2D eigenvalue weighted by atomic mass is 32.2. The minimum Gasteiger partial charge on any atom is -0.381 e. The normalized spacial score (nSPS) is 13.4. The summed E-state index contributed by atoms with van der Waals surface area (Å²) in [6.45, 7) is 1.83. The summed E-state index contributed by atoms with van der Waals surface area (Å²) in [5.74, 6) is -0.334. The number of rotatable bonds is 6. The van der Waals surface area contributed by atoms with Crippen LogP contribution in [0.1, 0.15) is 12.5 Å². The number of anilines is 1. The van der Waals surface area contributed by atoms with Gasteiger partial charge in [-0.1, -0.05) is 12.1 Å². The summed E-state index contributed by atoms with van der Waals surface area (Å²) < 4.78 is 60.7. The summed E-state index contributed by atoms with van der Waals surface area (Å²) in [5, 5.41) is 3.07. The van der Waals surface area contributed by atoms with Crippen molar-refractivity contribution in [2.45, 2.75) is 29.2 Å². The Hall–Kier alpha value is -1.93. The first-order valence-electron chi connectivity index (χ1n) is 7.52. The van der Waals surface area contributed by atoms with E-state index in [4.69, 9.17) is 0 Å². The molecule has 0 aliphatic rings. The highest BCUT2D eigenvalue weighted by Gasteiger charge is 2.19. The highest BCUT2D eigenvalue weighted by Crippen LogP contribution is 2.26.